The maximum Gasteiger partial charge on any atom is 0.419 e. The van der Waals surface area contributed by atoms with Gasteiger partial charge in [0.1, 0.15) is 23.2 Å². The first-order chi connectivity index (χ1) is 9.62. The lowest BCUT2D eigenvalue weighted by Crippen LogP contribution is -2.08. The number of rotatable bonds is 2. The van der Waals surface area contributed by atoms with Gasteiger partial charge in [-0.1, -0.05) is 13.8 Å². The summed E-state index contributed by atoms with van der Waals surface area (Å²) in [4.78, 5) is 4.28. The number of nitrogens with two attached hydrogens (primary N) is 1. The predicted molar refractivity (Wildman–Crippen MR) is 72.1 cm³/mol. The average Bonchev–Trinajstić information content (AvgIpc) is 2.66. The molecule has 2 N–H and O–H groups in total. The highest BCUT2D eigenvalue weighted by molar-refractivity contribution is 5.71. The minimum absolute atomic E-state index is 0.0635. The molecule has 1 aromatic heterocycles. The first-order valence-electron chi connectivity index (χ1n) is 6.32. The largest absolute Gasteiger partial charge is 0.419 e. The van der Waals surface area contributed by atoms with E-state index in [9.17, 15) is 17.6 Å². The zero-order valence-corrected chi connectivity index (χ0v) is 11.8. The highest BCUT2D eigenvalue weighted by Crippen LogP contribution is 2.36. The van der Waals surface area contributed by atoms with Crippen LogP contribution in [0.15, 0.2) is 18.2 Å². The van der Waals surface area contributed by atoms with E-state index in [0.717, 1.165) is 12.1 Å². The molecule has 21 heavy (non-hydrogen) atoms. The number of imidazole rings is 1. The van der Waals surface area contributed by atoms with Gasteiger partial charge in [0.25, 0.3) is 0 Å². The number of aromatic nitrogens is 2. The van der Waals surface area contributed by atoms with E-state index in [-0.39, 0.29) is 23.0 Å². The number of benzene rings is 1. The molecule has 114 valence electrons. The summed E-state index contributed by atoms with van der Waals surface area (Å²) in [5.74, 6) is -0.350. The minimum atomic E-state index is -4.76. The Morgan fingerprint density at radius 1 is 1.24 bits per heavy atom. The van der Waals surface area contributed by atoms with E-state index in [0.29, 0.717) is 5.82 Å². The number of hydrogen-bond acceptors (Lipinski definition) is 2. The Morgan fingerprint density at radius 2 is 1.86 bits per heavy atom. The van der Waals surface area contributed by atoms with Gasteiger partial charge < -0.3 is 10.3 Å². The van der Waals surface area contributed by atoms with Gasteiger partial charge in [-0.15, -0.1) is 0 Å². The molecule has 2 aromatic rings. The third-order valence-electron chi connectivity index (χ3n) is 3.24. The summed E-state index contributed by atoms with van der Waals surface area (Å²) in [5.41, 5.74) is 4.94. The second kappa shape index (κ2) is 5.05. The van der Waals surface area contributed by atoms with Crippen LogP contribution in [0.2, 0.25) is 0 Å². The van der Waals surface area contributed by atoms with Crippen molar-refractivity contribution in [3.63, 3.8) is 0 Å². The summed E-state index contributed by atoms with van der Waals surface area (Å²) >= 11 is 0. The molecule has 1 heterocycles. The van der Waals surface area contributed by atoms with Gasteiger partial charge in [0, 0.05) is 18.5 Å². The van der Waals surface area contributed by atoms with Gasteiger partial charge in [-0.2, -0.15) is 13.2 Å². The Labute approximate surface area is 119 Å². The normalized spacial score (nSPS) is 12.2. The van der Waals surface area contributed by atoms with Crippen molar-refractivity contribution in [1.82, 2.24) is 9.55 Å². The van der Waals surface area contributed by atoms with E-state index >= 15 is 0 Å². The van der Waals surface area contributed by atoms with Crippen LogP contribution < -0.4 is 5.73 Å². The van der Waals surface area contributed by atoms with Crippen molar-refractivity contribution < 1.29 is 17.6 Å². The summed E-state index contributed by atoms with van der Waals surface area (Å²) in [6.07, 6.45) is -4.76. The van der Waals surface area contributed by atoms with Crippen molar-refractivity contribution in [3.8, 4) is 11.3 Å². The number of halogens is 4. The van der Waals surface area contributed by atoms with Crippen molar-refractivity contribution in [2.24, 2.45) is 7.05 Å². The number of nitrogen functional groups attached to an aromatic ring is 1. The molecule has 0 fully saturated rings. The standard InChI is InChI=1S/C14H15F4N3/c1-7(2)13-20-11(12(19)21(13)3)8-4-5-10(15)9(6-8)14(16,17)18/h4-7H,19H2,1-3H3. The van der Waals surface area contributed by atoms with Crippen molar-refractivity contribution >= 4 is 5.82 Å². The number of anilines is 1. The van der Waals surface area contributed by atoms with Crippen LogP contribution in [0.3, 0.4) is 0 Å². The van der Waals surface area contributed by atoms with E-state index < -0.39 is 17.6 Å². The van der Waals surface area contributed by atoms with E-state index in [1.807, 2.05) is 13.8 Å². The Bertz CT molecular complexity index is 672. The molecular weight excluding hydrogens is 286 g/mol. The lowest BCUT2D eigenvalue weighted by Gasteiger charge is -2.09. The fraction of sp³-hybridized carbons (Fsp3) is 0.357. The van der Waals surface area contributed by atoms with Gasteiger partial charge in [-0.3, -0.25) is 0 Å². The molecule has 0 bridgehead atoms. The molecule has 0 spiro atoms. The Kier molecular flexibility index (Phi) is 3.69. The predicted octanol–water partition coefficient (Wildman–Crippen LogP) is 3.95. The zero-order chi connectivity index (χ0) is 15.9. The molecule has 0 aliphatic heterocycles. The SMILES string of the molecule is CC(C)c1nc(-c2ccc(F)c(C(F)(F)F)c2)c(N)n1C. The fourth-order valence-electron chi connectivity index (χ4n) is 2.15. The van der Waals surface area contributed by atoms with Crippen molar-refractivity contribution in [1.29, 1.82) is 0 Å². The lowest BCUT2D eigenvalue weighted by atomic mass is 10.1. The smallest absolute Gasteiger partial charge is 0.383 e. The van der Waals surface area contributed by atoms with Gasteiger partial charge >= 0.3 is 6.18 Å². The molecule has 3 nitrogen and oxygen atoms in total. The molecule has 2 rings (SSSR count). The summed E-state index contributed by atoms with van der Waals surface area (Å²) in [6.45, 7) is 3.80. The molecule has 0 amide bonds. The van der Waals surface area contributed by atoms with Gasteiger partial charge in [-0.25, -0.2) is 9.37 Å². The van der Waals surface area contributed by atoms with E-state index in [2.05, 4.69) is 4.98 Å². The van der Waals surface area contributed by atoms with Crippen LogP contribution in [-0.4, -0.2) is 9.55 Å². The second-order valence-electron chi connectivity index (χ2n) is 5.11. The van der Waals surface area contributed by atoms with Crippen LogP contribution in [0.5, 0.6) is 0 Å². The molecule has 0 unspecified atom stereocenters. The Morgan fingerprint density at radius 3 is 2.33 bits per heavy atom. The van der Waals surface area contributed by atoms with Crippen LogP contribution in [-0.2, 0) is 13.2 Å². The highest BCUT2D eigenvalue weighted by Gasteiger charge is 2.34. The van der Waals surface area contributed by atoms with Crippen molar-refractivity contribution in [2.45, 2.75) is 25.9 Å². The summed E-state index contributed by atoms with van der Waals surface area (Å²) < 4.78 is 53.2. The average molecular weight is 301 g/mol. The third kappa shape index (κ3) is 2.72. The Balaban J connectivity index is 2.61. The monoisotopic (exact) mass is 301 g/mol. The van der Waals surface area contributed by atoms with Crippen molar-refractivity contribution in [2.75, 3.05) is 5.73 Å². The molecule has 0 saturated heterocycles. The molecular formula is C14H15F4N3. The highest BCUT2D eigenvalue weighted by atomic mass is 19.4. The van der Waals surface area contributed by atoms with E-state index in [4.69, 9.17) is 5.73 Å². The summed E-state index contributed by atoms with van der Waals surface area (Å²) in [5, 5.41) is 0. The van der Waals surface area contributed by atoms with Crippen LogP contribution in [0.25, 0.3) is 11.3 Å². The van der Waals surface area contributed by atoms with Crippen LogP contribution in [0.4, 0.5) is 23.4 Å². The third-order valence-corrected chi connectivity index (χ3v) is 3.24. The van der Waals surface area contributed by atoms with E-state index in [1.165, 1.54) is 6.07 Å². The molecule has 0 saturated carbocycles. The van der Waals surface area contributed by atoms with Crippen LogP contribution in [0.1, 0.15) is 31.2 Å². The molecule has 1 aromatic carbocycles. The van der Waals surface area contributed by atoms with Crippen molar-refractivity contribution in [3.05, 3.63) is 35.4 Å². The molecule has 7 heteroatoms. The minimum Gasteiger partial charge on any atom is -0.383 e. The number of alkyl halides is 3. The van der Waals surface area contributed by atoms with Gasteiger partial charge in [0.05, 0.1) is 5.56 Å². The van der Waals surface area contributed by atoms with Crippen LogP contribution >= 0.6 is 0 Å². The summed E-state index contributed by atoms with van der Waals surface area (Å²) in [6, 6.07) is 2.76. The molecule has 0 aliphatic rings. The Hall–Kier alpha value is -2.05. The number of hydrogen-bond donors (Lipinski definition) is 1. The zero-order valence-electron chi connectivity index (χ0n) is 11.8. The first kappa shape index (κ1) is 15.3. The molecule has 0 aliphatic carbocycles. The van der Waals surface area contributed by atoms with E-state index in [1.54, 1.807) is 11.6 Å². The maximum absolute atomic E-state index is 13.3. The quantitative estimate of drug-likeness (QED) is 0.854. The maximum atomic E-state index is 13.3. The van der Waals surface area contributed by atoms with Crippen LogP contribution in [0, 0.1) is 5.82 Å². The molecule has 0 atom stereocenters. The van der Waals surface area contributed by atoms with Gasteiger partial charge in [-0.05, 0) is 18.2 Å². The van der Waals surface area contributed by atoms with Gasteiger partial charge in [0.15, 0.2) is 0 Å². The number of nitrogens with zero attached hydrogens (tertiary/aromatic N) is 2. The fourth-order valence-corrected chi connectivity index (χ4v) is 2.15. The van der Waals surface area contributed by atoms with Gasteiger partial charge in [0.2, 0.25) is 0 Å². The second-order valence-corrected chi connectivity index (χ2v) is 5.11. The topological polar surface area (TPSA) is 43.8 Å². The first-order valence-corrected chi connectivity index (χ1v) is 6.32. The lowest BCUT2D eigenvalue weighted by molar-refractivity contribution is -0.139. The molecule has 0 radical (unpaired) electrons. The summed E-state index contributed by atoms with van der Waals surface area (Å²) in [7, 11) is 1.69.